The van der Waals surface area contributed by atoms with Crippen LogP contribution >= 0.6 is 0 Å². The number of methoxy groups -OCH3 is 1. The van der Waals surface area contributed by atoms with Crippen LogP contribution in [0.5, 0.6) is 17.2 Å². The number of hydrogen-bond acceptors (Lipinski definition) is 7. The smallest absolute Gasteiger partial charge is 0.325 e. The van der Waals surface area contributed by atoms with Gasteiger partial charge in [-0.15, -0.1) is 0 Å². The Balaban J connectivity index is 1.71. The predicted octanol–water partition coefficient (Wildman–Crippen LogP) is 3.62. The average molecular weight is 450 g/mol. The number of nitrogens with zero attached hydrogens (tertiary/aromatic N) is 2. The van der Waals surface area contributed by atoms with E-state index in [0.717, 1.165) is 31.3 Å². The van der Waals surface area contributed by atoms with E-state index in [1.807, 2.05) is 36.4 Å². The SMILES string of the molecule is COC(=O)CNC(=O)c1nc(CN2CCCCC2)c2cc(Oc3ccccc3)ccc2c1O. The molecule has 8 heteroatoms. The Bertz CT molecular complexity index is 1140. The van der Waals surface area contributed by atoms with E-state index in [1.165, 1.54) is 13.5 Å². The Morgan fingerprint density at radius 3 is 2.52 bits per heavy atom. The number of piperidine rings is 1. The van der Waals surface area contributed by atoms with E-state index in [-0.39, 0.29) is 18.0 Å². The first-order valence-electron chi connectivity index (χ1n) is 11.0. The third-order valence-corrected chi connectivity index (χ3v) is 5.67. The van der Waals surface area contributed by atoms with Gasteiger partial charge in [0, 0.05) is 17.3 Å². The van der Waals surface area contributed by atoms with E-state index in [1.54, 1.807) is 12.1 Å². The lowest BCUT2D eigenvalue weighted by atomic mass is 10.0. The Morgan fingerprint density at radius 1 is 1.03 bits per heavy atom. The Hall–Kier alpha value is -3.65. The molecule has 2 aromatic carbocycles. The minimum absolute atomic E-state index is 0.116. The summed E-state index contributed by atoms with van der Waals surface area (Å²) in [7, 11) is 1.24. The van der Waals surface area contributed by atoms with Crippen molar-refractivity contribution in [2.24, 2.45) is 0 Å². The second kappa shape index (κ2) is 10.3. The maximum Gasteiger partial charge on any atom is 0.325 e. The summed E-state index contributed by atoms with van der Waals surface area (Å²) in [5.41, 5.74) is 0.557. The first-order valence-corrected chi connectivity index (χ1v) is 11.0. The molecular weight excluding hydrogens is 422 g/mol. The highest BCUT2D eigenvalue weighted by atomic mass is 16.5. The summed E-state index contributed by atoms with van der Waals surface area (Å²) in [6.45, 7) is 2.14. The molecule has 0 radical (unpaired) electrons. The van der Waals surface area contributed by atoms with Crippen LogP contribution in [0.15, 0.2) is 48.5 Å². The molecule has 4 rings (SSSR count). The van der Waals surface area contributed by atoms with Crippen LogP contribution in [0.25, 0.3) is 10.8 Å². The summed E-state index contributed by atoms with van der Waals surface area (Å²) in [4.78, 5) is 31.0. The Kier molecular flexibility index (Phi) is 7.04. The number of amides is 1. The van der Waals surface area contributed by atoms with Gasteiger partial charge in [-0.1, -0.05) is 24.6 Å². The van der Waals surface area contributed by atoms with Crippen molar-refractivity contribution in [3.05, 3.63) is 59.9 Å². The number of aromatic nitrogens is 1. The molecule has 33 heavy (non-hydrogen) atoms. The number of aromatic hydroxyl groups is 1. The van der Waals surface area contributed by atoms with Gasteiger partial charge in [0.05, 0.1) is 12.8 Å². The van der Waals surface area contributed by atoms with Crippen LogP contribution in [-0.4, -0.2) is 53.6 Å². The fraction of sp³-hybridized carbons (Fsp3) is 0.320. The third kappa shape index (κ3) is 5.40. The minimum Gasteiger partial charge on any atom is -0.505 e. The molecule has 1 fully saturated rings. The predicted molar refractivity (Wildman–Crippen MR) is 123 cm³/mol. The summed E-state index contributed by atoms with van der Waals surface area (Å²) in [5, 5.41) is 14.5. The van der Waals surface area contributed by atoms with Crippen LogP contribution in [0.2, 0.25) is 0 Å². The van der Waals surface area contributed by atoms with E-state index in [0.29, 0.717) is 29.1 Å². The van der Waals surface area contributed by atoms with E-state index in [4.69, 9.17) is 4.74 Å². The number of hydrogen-bond donors (Lipinski definition) is 2. The van der Waals surface area contributed by atoms with Crippen molar-refractivity contribution in [2.45, 2.75) is 25.8 Å². The molecule has 1 amide bonds. The highest BCUT2D eigenvalue weighted by Crippen LogP contribution is 2.34. The van der Waals surface area contributed by atoms with Gasteiger partial charge in [0.25, 0.3) is 5.91 Å². The number of fused-ring (bicyclic) bond motifs is 1. The fourth-order valence-corrected chi connectivity index (χ4v) is 3.95. The van der Waals surface area contributed by atoms with E-state index in [2.05, 4.69) is 19.9 Å². The van der Waals surface area contributed by atoms with Crippen LogP contribution < -0.4 is 10.1 Å². The van der Waals surface area contributed by atoms with Gasteiger partial charge >= 0.3 is 5.97 Å². The van der Waals surface area contributed by atoms with E-state index < -0.39 is 11.9 Å². The van der Waals surface area contributed by atoms with Crippen molar-refractivity contribution in [3.63, 3.8) is 0 Å². The number of para-hydroxylation sites is 1. The Labute approximate surface area is 192 Å². The largest absolute Gasteiger partial charge is 0.505 e. The summed E-state index contributed by atoms with van der Waals surface area (Å²) in [6.07, 6.45) is 3.44. The number of likely N-dealkylation sites (tertiary alicyclic amines) is 1. The van der Waals surface area contributed by atoms with Gasteiger partial charge in [0.1, 0.15) is 18.0 Å². The van der Waals surface area contributed by atoms with Crippen LogP contribution in [0.1, 0.15) is 35.4 Å². The van der Waals surface area contributed by atoms with Crippen molar-refractivity contribution in [1.29, 1.82) is 0 Å². The normalized spacial score (nSPS) is 14.1. The van der Waals surface area contributed by atoms with Crippen LogP contribution in [0.4, 0.5) is 0 Å². The second-order valence-electron chi connectivity index (χ2n) is 7.97. The number of esters is 1. The molecule has 0 unspecified atom stereocenters. The maximum atomic E-state index is 12.7. The number of carbonyl (C=O) groups excluding carboxylic acids is 2. The van der Waals surface area contributed by atoms with Gasteiger partial charge in [-0.05, 0) is 56.3 Å². The van der Waals surface area contributed by atoms with Crippen molar-refractivity contribution in [2.75, 3.05) is 26.7 Å². The zero-order valence-corrected chi connectivity index (χ0v) is 18.5. The third-order valence-electron chi connectivity index (χ3n) is 5.67. The maximum absolute atomic E-state index is 12.7. The quantitative estimate of drug-likeness (QED) is 0.531. The highest BCUT2D eigenvalue weighted by molar-refractivity contribution is 6.03. The lowest BCUT2D eigenvalue weighted by Crippen LogP contribution is -2.32. The molecule has 0 bridgehead atoms. The van der Waals surface area contributed by atoms with Crippen molar-refractivity contribution in [1.82, 2.24) is 15.2 Å². The average Bonchev–Trinajstić information content (AvgIpc) is 2.85. The second-order valence-corrected chi connectivity index (χ2v) is 7.97. The zero-order valence-electron chi connectivity index (χ0n) is 18.5. The first-order chi connectivity index (χ1) is 16.0. The van der Waals surface area contributed by atoms with Gasteiger partial charge in [-0.3, -0.25) is 14.5 Å². The molecule has 1 aliphatic rings. The van der Waals surface area contributed by atoms with Gasteiger partial charge in [0.2, 0.25) is 0 Å². The van der Waals surface area contributed by atoms with Crippen LogP contribution in [-0.2, 0) is 16.1 Å². The summed E-state index contributed by atoms with van der Waals surface area (Å²) >= 11 is 0. The zero-order chi connectivity index (χ0) is 23.2. The van der Waals surface area contributed by atoms with Gasteiger partial charge in [-0.2, -0.15) is 0 Å². The standard InChI is InChI=1S/C25H27N3O5/c1-32-22(29)15-26-25(31)23-24(30)19-11-10-18(33-17-8-4-2-5-9-17)14-20(19)21(27-23)16-28-12-6-3-7-13-28/h2,4-5,8-11,14,30H,3,6-7,12-13,15-16H2,1H3,(H,26,31). The van der Waals surface area contributed by atoms with Crippen molar-refractivity contribution < 1.29 is 24.2 Å². The summed E-state index contributed by atoms with van der Waals surface area (Å²) in [5.74, 6) is -0.145. The van der Waals surface area contributed by atoms with Gasteiger partial charge < -0.3 is 19.9 Å². The molecule has 8 nitrogen and oxygen atoms in total. The molecule has 0 atom stereocenters. The molecule has 172 valence electrons. The molecule has 1 aromatic heterocycles. The lowest BCUT2D eigenvalue weighted by molar-refractivity contribution is -0.139. The van der Waals surface area contributed by atoms with Crippen molar-refractivity contribution >= 4 is 22.6 Å². The molecule has 2 heterocycles. The molecule has 3 aromatic rings. The summed E-state index contributed by atoms with van der Waals surface area (Å²) in [6, 6.07) is 14.7. The molecule has 1 saturated heterocycles. The number of benzene rings is 2. The fourth-order valence-electron chi connectivity index (χ4n) is 3.95. The summed E-state index contributed by atoms with van der Waals surface area (Å²) < 4.78 is 10.5. The number of rotatable bonds is 7. The molecule has 0 saturated carbocycles. The van der Waals surface area contributed by atoms with Gasteiger partial charge in [0.15, 0.2) is 11.4 Å². The number of ether oxygens (including phenoxy) is 2. The lowest BCUT2D eigenvalue weighted by Gasteiger charge is -2.26. The first kappa shape index (κ1) is 22.5. The van der Waals surface area contributed by atoms with E-state index >= 15 is 0 Å². The molecule has 2 N–H and O–H groups in total. The number of pyridine rings is 1. The number of nitrogens with one attached hydrogen (secondary N) is 1. The molecular formula is C25H27N3O5. The van der Waals surface area contributed by atoms with Gasteiger partial charge in [-0.25, -0.2) is 4.98 Å². The van der Waals surface area contributed by atoms with E-state index in [9.17, 15) is 14.7 Å². The molecule has 0 spiro atoms. The van der Waals surface area contributed by atoms with Crippen LogP contribution in [0.3, 0.4) is 0 Å². The highest BCUT2D eigenvalue weighted by Gasteiger charge is 2.22. The molecule has 1 aliphatic heterocycles. The topological polar surface area (TPSA) is 101 Å². The Morgan fingerprint density at radius 2 is 1.79 bits per heavy atom. The number of carbonyl (C=O) groups is 2. The minimum atomic E-state index is -0.635. The van der Waals surface area contributed by atoms with Crippen molar-refractivity contribution in [3.8, 4) is 17.2 Å². The van der Waals surface area contributed by atoms with Crippen LogP contribution in [0, 0.1) is 0 Å². The molecule has 0 aliphatic carbocycles. The monoisotopic (exact) mass is 449 g/mol.